The highest BCUT2D eigenvalue weighted by Crippen LogP contribution is 2.41. The fourth-order valence-corrected chi connectivity index (χ4v) is 5.67. The Bertz CT molecular complexity index is 885. The molecule has 162 valence electrons. The summed E-state index contributed by atoms with van der Waals surface area (Å²) in [4.78, 5) is 31.3. The third-order valence-electron chi connectivity index (χ3n) is 5.63. The Morgan fingerprint density at radius 1 is 1.30 bits per heavy atom. The summed E-state index contributed by atoms with van der Waals surface area (Å²) < 4.78 is 6.66. The van der Waals surface area contributed by atoms with Gasteiger partial charge in [0.2, 0.25) is 11.8 Å². The molecule has 7 heteroatoms. The standard InChI is InChI=1S/C23H29BrN2O3S/c1-4-5-14-26-21(27)13-11-18(22(26)17-8-6-7-9-19(17)29-3)23(28)25(2)15-16-10-12-20(24)30-16/h6-10,12,18,22H,4-5,11,13-15H2,1-3H3. The molecule has 1 saturated heterocycles. The molecule has 0 aliphatic carbocycles. The Morgan fingerprint density at radius 2 is 2.07 bits per heavy atom. The van der Waals surface area contributed by atoms with Crippen molar-refractivity contribution in [3.05, 3.63) is 50.6 Å². The van der Waals surface area contributed by atoms with Crippen molar-refractivity contribution < 1.29 is 14.3 Å². The number of nitrogens with zero attached hydrogens (tertiary/aromatic N) is 2. The number of thiophene rings is 1. The molecule has 1 aliphatic heterocycles. The van der Waals surface area contributed by atoms with Crippen molar-refractivity contribution in [2.24, 2.45) is 5.92 Å². The number of unbranched alkanes of at least 4 members (excludes halogenated alkanes) is 1. The van der Waals surface area contributed by atoms with Crippen molar-refractivity contribution in [2.45, 2.75) is 45.2 Å². The summed E-state index contributed by atoms with van der Waals surface area (Å²) in [6.45, 7) is 3.33. The maximum Gasteiger partial charge on any atom is 0.228 e. The first-order valence-electron chi connectivity index (χ1n) is 10.4. The predicted molar refractivity (Wildman–Crippen MR) is 124 cm³/mol. The molecule has 1 aromatic heterocycles. The molecule has 1 fully saturated rings. The van der Waals surface area contributed by atoms with Crippen LogP contribution in [-0.2, 0) is 16.1 Å². The Labute approximate surface area is 191 Å². The molecule has 0 N–H and O–H groups in total. The van der Waals surface area contributed by atoms with Crippen LogP contribution in [0.2, 0.25) is 0 Å². The molecule has 30 heavy (non-hydrogen) atoms. The summed E-state index contributed by atoms with van der Waals surface area (Å²) in [6.07, 6.45) is 2.87. The second kappa shape index (κ2) is 10.4. The maximum absolute atomic E-state index is 13.6. The summed E-state index contributed by atoms with van der Waals surface area (Å²) in [5.74, 6) is 0.628. The van der Waals surface area contributed by atoms with Crippen LogP contribution in [0.15, 0.2) is 40.2 Å². The number of para-hydroxylation sites is 1. The maximum atomic E-state index is 13.6. The van der Waals surface area contributed by atoms with Gasteiger partial charge < -0.3 is 14.5 Å². The van der Waals surface area contributed by atoms with Crippen molar-refractivity contribution in [1.29, 1.82) is 0 Å². The minimum atomic E-state index is -0.307. The number of benzene rings is 1. The van der Waals surface area contributed by atoms with E-state index in [4.69, 9.17) is 4.74 Å². The summed E-state index contributed by atoms with van der Waals surface area (Å²) in [5, 5.41) is 0. The number of carbonyl (C=O) groups excluding carboxylic acids is 2. The SMILES string of the molecule is CCCCN1C(=O)CCC(C(=O)N(C)Cc2ccc(Br)s2)C1c1ccccc1OC. The van der Waals surface area contributed by atoms with Gasteiger partial charge in [0.25, 0.3) is 0 Å². The molecule has 3 rings (SSSR count). The van der Waals surface area contributed by atoms with E-state index >= 15 is 0 Å². The van der Waals surface area contributed by atoms with Gasteiger partial charge in [-0.1, -0.05) is 31.5 Å². The molecular formula is C23H29BrN2O3S. The van der Waals surface area contributed by atoms with Crippen LogP contribution < -0.4 is 4.74 Å². The fraction of sp³-hybridized carbons (Fsp3) is 0.478. The summed E-state index contributed by atoms with van der Waals surface area (Å²) in [5.41, 5.74) is 0.912. The fourth-order valence-electron chi connectivity index (χ4n) is 4.13. The summed E-state index contributed by atoms with van der Waals surface area (Å²) in [7, 11) is 3.49. The van der Waals surface area contributed by atoms with E-state index in [9.17, 15) is 9.59 Å². The van der Waals surface area contributed by atoms with Crippen LogP contribution in [0.1, 0.15) is 49.1 Å². The van der Waals surface area contributed by atoms with Crippen LogP contribution in [0.4, 0.5) is 0 Å². The smallest absolute Gasteiger partial charge is 0.228 e. The zero-order valence-corrected chi connectivity index (χ0v) is 20.2. The van der Waals surface area contributed by atoms with E-state index in [-0.39, 0.29) is 23.8 Å². The van der Waals surface area contributed by atoms with Crippen molar-refractivity contribution in [3.63, 3.8) is 0 Å². The van der Waals surface area contributed by atoms with E-state index in [0.717, 1.165) is 32.8 Å². The van der Waals surface area contributed by atoms with E-state index < -0.39 is 0 Å². The zero-order chi connectivity index (χ0) is 21.7. The van der Waals surface area contributed by atoms with Gasteiger partial charge in [0.05, 0.1) is 29.4 Å². The number of piperidine rings is 1. The lowest BCUT2D eigenvalue weighted by Crippen LogP contribution is -2.48. The first-order chi connectivity index (χ1) is 14.5. The average molecular weight is 493 g/mol. The first kappa shape index (κ1) is 22.8. The number of ether oxygens (including phenoxy) is 1. The molecule has 2 aromatic rings. The average Bonchev–Trinajstić information content (AvgIpc) is 3.16. The first-order valence-corrected chi connectivity index (χ1v) is 12.0. The summed E-state index contributed by atoms with van der Waals surface area (Å²) in [6, 6.07) is 11.5. The van der Waals surface area contributed by atoms with Crippen LogP contribution in [0, 0.1) is 5.92 Å². The third-order valence-corrected chi connectivity index (χ3v) is 7.24. The summed E-state index contributed by atoms with van der Waals surface area (Å²) >= 11 is 5.12. The third kappa shape index (κ3) is 5.06. The molecule has 2 heterocycles. The lowest BCUT2D eigenvalue weighted by Gasteiger charge is -2.42. The van der Waals surface area contributed by atoms with Crippen molar-refractivity contribution >= 4 is 39.1 Å². The van der Waals surface area contributed by atoms with Gasteiger partial charge in [0.1, 0.15) is 5.75 Å². The Hall–Kier alpha value is -1.86. The minimum absolute atomic E-state index is 0.0735. The highest BCUT2D eigenvalue weighted by molar-refractivity contribution is 9.11. The predicted octanol–water partition coefficient (Wildman–Crippen LogP) is 5.26. The van der Waals surface area contributed by atoms with Crippen LogP contribution in [-0.4, -0.2) is 42.3 Å². The van der Waals surface area contributed by atoms with Crippen molar-refractivity contribution in [3.8, 4) is 5.75 Å². The topological polar surface area (TPSA) is 49.9 Å². The van der Waals surface area contributed by atoms with E-state index in [2.05, 4.69) is 22.9 Å². The number of rotatable bonds is 8. The second-order valence-corrected chi connectivity index (χ2v) is 10.2. The molecule has 0 radical (unpaired) electrons. The van der Waals surface area contributed by atoms with E-state index in [1.165, 1.54) is 0 Å². The number of methoxy groups -OCH3 is 1. The van der Waals surface area contributed by atoms with Gasteiger partial charge in [-0.3, -0.25) is 9.59 Å². The highest BCUT2D eigenvalue weighted by atomic mass is 79.9. The number of hydrogen-bond donors (Lipinski definition) is 0. The lowest BCUT2D eigenvalue weighted by molar-refractivity contribution is -0.147. The van der Waals surface area contributed by atoms with Gasteiger partial charge >= 0.3 is 0 Å². The Balaban J connectivity index is 1.93. The second-order valence-electron chi connectivity index (χ2n) is 7.67. The quantitative estimate of drug-likeness (QED) is 0.504. The van der Waals surface area contributed by atoms with Crippen LogP contribution in [0.25, 0.3) is 0 Å². The van der Waals surface area contributed by atoms with Gasteiger partial charge in [-0.15, -0.1) is 11.3 Å². The number of carbonyl (C=O) groups is 2. The molecule has 5 nitrogen and oxygen atoms in total. The minimum Gasteiger partial charge on any atom is -0.496 e. The largest absolute Gasteiger partial charge is 0.496 e. The normalized spacial score (nSPS) is 19.1. The highest BCUT2D eigenvalue weighted by Gasteiger charge is 2.42. The van der Waals surface area contributed by atoms with E-state index in [1.807, 2.05) is 48.3 Å². The van der Waals surface area contributed by atoms with Gasteiger partial charge in [-0.2, -0.15) is 0 Å². The van der Waals surface area contributed by atoms with Crippen LogP contribution in [0.5, 0.6) is 5.75 Å². The number of hydrogen-bond acceptors (Lipinski definition) is 4. The van der Waals surface area contributed by atoms with Crippen molar-refractivity contribution in [2.75, 3.05) is 20.7 Å². The van der Waals surface area contributed by atoms with E-state index in [1.54, 1.807) is 23.3 Å². The zero-order valence-electron chi connectivity index (χ0n) is 17.8. The number of amides is 2. The lowest BCUT2D eigenvalue weighted by atomic mass is 9.82. The van der Waals surface area contributed by atoms with Gasteiger partial charge in [0, 0.05) is 30.5 Å². The Kier molecular flexibility index (Phi) is 7.94. The van der Waals surface area contributed by atoms with Crippen LogP contribution in [0.3, 0.4) is 0 Å². The number of likely N-dealkylation sites (tertiary alicyclic amines) is 1. The van der Waals surface area contributed by atoms with Crippen molar-refractivity contribution in [1.82, 2.24) is 9.80 Å². The van der Waals surface area contributed by atoms with Gasteiger partial charge in [0.15, 0.2) is 0 Å². The molecule has 0 spiro atoms. The molecule has 1 aliphatic rings. The van der Waals surface area contributed by atoms with Gasteiger partial charge in [-0.25, -0.2) is 0 Å². The molecule has 2 atom stereocenters. The monoisotopic (exact) mass is 492 g/mol. The molecule has 0 bridgehead atoms. The van der Waals surface area contributed by atoms with Crippen LogP contribution >= 0.6 is 27.3 Å². The molecule has 2 unspecified atom stereocenters. The van der Waals surface area contributed by atoms with Gasteiger partial charge in [-0.05, 0) is 47.0 Å². The molecule has 1 aromatic carbocycles. The number of halogens is 1. The van der Waals surface area contributed by atoms with E-state index in [0.29, 0.717) is 25.9 Å². The Morgan fingerprint density at radius 3 is 2.73 bits per heavy atom. The molecular weight excluding hydrogens is 464 g/mol. The molecule has 2 amide bonds. The molecule has 0 saturated carbocycles.